The van der Waals surface area contributed by atoms with Crippen LogP contribution in [0.25, 0.3) is 0 Å². The van der Waals surface area contributed by atoms with Gasteiger partial charge in [-0.15, -0.1) is 11.8 Å². The SMILES string of the molecule is CCCC[N+](CCCC)(CCCC)CCCC.COC(=O)C=C(C)NC(C(=O)NC1C(=O)N2[C@@H]1SC(C)(C)[C@@H]2C(=O)[O-])c1ccc(O)cc1. The van der Waals surface area contributed by atoms with Gasteiger partial charge in [0.15, 0.2) is 0 Å². The van der Waals surface area contributed by atoms with Gasteiger partial charge < -0.3 is 39.8 Å². The van der Waals surface area contributed by atoms with Gasteiger partial charge in [-0.2, -0.15) is 0 Å². The molecule has 4 atom stereocenters. The van der Waals surface area contributed by atoms with E-state index in [1.807, 2.05) is 0 Å². The maximum Gasteiger partial charge on any atom is 0.332 e. The fraction of sp³-hybridized carbons (Fsp3) is 0.676. The third-order valence-electron chi connectivity index (χ3n) is 9.30. The van der Waals surface area contributed by atoms with Crippen molar-refractivity contribution in [3.8, 4) is 5.75 Å². The second kappa shape index (κ2) is 19.8. The third kappa shape index (κ3) is 11.7. The number of thioether (sulfide) groups is 1. The number of carboxylic acids is 1. The molecule has 0 radical (unpaired) electrons. The van der Waals surface area contributed by atoms with E-state index in [1.165, 1.54) is 136 Å². The minimum Gasteiger partial charge on any atom is -0.548 e. The summed E-state index contributed by atoms with van der Waals surface area (Å²) < 4.78 is 5.24. The van der Waals surface area contributed by atoms with E-state index in [2.05, 4.69) is 43.1 Å². The number of amides is 2. The highest BCUT2D eigenvalue weighted by Gasteiger charge is 2.62. The summed E-state index contributed by atoms with van der Waals surface area (Å²) in [7, 11) is 1.23. The highest BCUT2D eigenvalue weighted by Crippen LogP contribution is 2.50. The molecule has 0 aromatic heterocycles. The predicted octanol–water partition coefficient (Wildman–Crippen LogP) is 4.40. The van der Waals surface area contributed by atoms with Gasteiger partial charge in [0.2, 0.25) is 11.8 Å². The molecule has 0 bridgehead atoms. The fourth-order valence-electron chi connectivity index (χ4n) is 6.48. The smallest absolute Gasteiger partial charge is 0.332 e. The van der Waals surface area contributed by atoms with Gasteiger partial charge in [-0.05, 0) is 64.2 Å². The Hall–Kier alpha value is -3.25. The molecule has 2 heterocycles. The molecule has 2 amide bonds. The maximum absolute atomic E-state index is 13.1. The number of phenols is 1. The van der Waals surface area contributed by atoms with E-state index in [0.717, 1.165) is 0 Å². The third-order valence-corrected chi connectivity index (χ3v) is 10.9. The number of ether oxygens (including phenoxy) is 1. The number of carboxylic acid groups (broad SMARTS) is 1. The Morgan fingerprint density at radius 1 is 0.980 bits per heavy atom. The van der Waals surface area contributed by atoms with Crippen molar-refractivity contribution in [1.29, 1.82) is 0 Å². The van der Waals surface area contributed by atoms with Gasteiger partial charge in [-0.25, -0.2) is 4.79 Å². The summed E-state index contributed by atoms with van der Waals surface area (Å²) in [5.41, 5.74) is 0.827. The highest BCUT2D eigenvalue weighted by atomic mass is 32.2. The number of unbranched alkanes of at least 4 members (excludes halogenated alkanes) is 4. The number of allylic oxidation sites excluding steroid dienone is 1. The number of phenolic OH excluding ortho intramolecular Hbond substituents is 1. The lowest BCUT2D eigenvalue weighted by Crippen LogP contribution is -2.72. The number of nitrogens with zero attached hydrogens (tertiary/aromatic N) is 2. The zero-order chi connectivity index (χ0) is 36.8. The van der Waals surface area contributed by atoms with Crippen molar-refractivity contribution in [3.05, 3.63) is 41.6 Å². The van der Waals surface area contributed by atoms with Gasteiger partial charge in [0.25, 0.3) is 0 Å². The Kier molecular flexibility index (Phi) is 17.0. The van der Waals surface area contributed by atoms with Gasteiger partial charge in [-0.3, -0.25) is 9.59 Å². The number of quaternary nitrogens is 1. The lowest BCUT2D eigenvalue weighted by molar-refractivity contribution is -0.929. The maximum atomic E-state index is 13.1. The first kappa shape index (κ1) is 41.9. The van der Waals surface area contributed by atoms with Crippen LogP contribution in [0.15, 0.2) is 36.0 Å². The Morgan fingerprint density at radius 2 is 1.47 bits per heavy atom. The van der Waals surface area contributed by atoms with Gasteiger partial charge in [0.05, 0.1) is 45.3 Å². The number of hydrogen-bond acceptors (Lipinski definition) is 9. The average Bonchev–Trinajstić information content (AvgIpc) is 3.33. The average molecular weight is 705 g/mol. The number of nitrogens with one attached hydrogen (secondary N) is 2. The minimum atomic E-state index is -1.34. The number of β-lactam (4-membered cyclic amide) rings is 1. The van der Waals surface area contributed by atoms with Crippen molar-refractivity contribution < 1.29 is 38.6 Å². The normalized spacial score (nSPS) is 20.3. The van der Waals surface area contributed by atoms with Crippen molar-refractivity contribution in [2.24, 2.45) is 0 Å². The van der Waals surface area contributed by atoms with E-state index in [1.54, 1.807) is 20.8 Å². The van der Waals surface area contributed by atoms with Crippen LogP contribution in [0.4, 0.5) is 0 Å². The number of esters is 1. The number of fused-ring (bicyclic) bond motifs is 1. The lowest BCUT2D eigenvalue weighted by atomic mass is 9.95. The molecule has 11 nitrogen and oxygen atoms in total. The molecule has 2 aliphatic rings. The molecule has 2 aliphatic heterocycles. The minimum absolute atomic E-state index is 0.0115. The topological polar surface area (TPSA) is 148 Å². The Morgan fingerprint density at radius 3 is 1.90 bits per heavy atom. The predicted molar refractivity (Wildman–Crippen MR) is 192 cm³/mol. The number of methoxy groups -OCH3 is 1. The Balaban J connectivity index is 0.000000417. The van der Waals surface area contributed by atoms with E-state index < -0.39 is 52.0 Å². The van der Waals surface area contributed by atoms with Crippen LogP contribution in [0, 0.1) is 0 Å². The van der Waals surface area contributed by atoms with Crippen LogP contribution in [-0.2, 0) is 23.9 Å². The van der Waals surface area contributed by atoms with Crippen molar-refractivity contribution >= 4 is 35.5 Å². The summed E-state index contributed by atoms with van der Waals surface area (Å²) in [5, 5.41) is 26.2. The molecule has 49 heavy (non-hydrogen) atoms. The number of benzene rings is 1. The van der Waals surface area contributed by atoms with Gasteiger partial charge >= 0.3 is 5.97 Å². The van der Waals surface area contributed by atoms with Gasteiger partial charge in [0, 0.05) is 16.5 Å². The number of carbonyl (C=O) groups excluding carboxylic acids is 4. The molecule has 2 saturated heterocycles. The number of aliphatic carboxylic acids is 1. The summed E-state index contributed by atoms with van der Waals surface area (Å²) in [6.45, 7) is 20.0. The van der Waals surface area contributed by atoms with E-state index in [0.29, 0.717) is 11.3 Å². The van der Waals surface area contributed by atoms with Crippen molar-refractivity contribution in [2.45, 2.75) is 128 Å². The number of carbonyl (C=O) groups is 4. The highest BCUT2D eigenvalue weighted by molar-refractivity contribution is 8.01. The van der Waals surface area contributed by atoms with Crippen LogP contribution in [0.2, 0.25) is 0 Å². The molecule has 0 spiro atoms. The molecule has 12 heteroatoms. The van der Waals surface area contributed by atoms with E-state index >= 15 is 0 Å². The van der Waals surface area contributed by atoms with Crippen molar-refractivity contribution in [3.63, 3.8) is 0 Å². The molecule has 3 N–H and O–H groups in total. The lowest BCUT2D eigenvalue weighted by Gasteiger charge is -2.45. The van der Waals surface area contributed by atoms with Gasteiger partial charge in [-0.1, -0.05) is 65.5 Å². The number of hydrogen-bond donors (Lipinski definition) is 3. The van der Waals surface area contributed by atoms with E-state index in [-0.39, 0.29) is 5.75 Å². The van der Waals surface area contributed by atoms with Crippen LogP contribution in [-0.4, -0.2) is 93.7 Å². The largest absolute Gasteiger partial charge is 0.548 e. The molecular weight excluding hydrogens is 644 g/mol. The molecule has 1 aromatic carbocycles. The van der Waals surface area contributed by atoms with E-state index in [9.17, 15) is 29.4 Å². The molecule has 3 rings (SSSR count). The summed E-state index contributed by atoms with van der Waals surface area (Å²) in [6, 6.07) is 2.91. The quantitative estimate of drug-likeness (QED) is 0.0825. The molecular formula is C37H60N4O7S. The Labute approximate surface area is 297 Å². The molecule has 2 unspecified atom stereocenters. The molecule has 2 fully saturated rings. The summed E-state index contributed by atoms with van der Waals surface area (Å²) in [5.74, 6) is -2.99. The van der Waals surface area contributed by atoms with Crippen LogP contribution >= 0.6 is 11.8 Å². The number of rotatable bonds is 19. The molecule has 276 valence electrons. The first-order chi connectivity index (χ1) is 23.2. The van der Waals surface area contributed by atoms with Crippen LogP contribution in [0.5, 0.6) is 5.75 Å². The first-order valence-electron chi connectivity index (χ1n) is 17.9. The first-order valence-corrected chi connectivity index (χ1v) is 18.8. The Bertz CT molecular complexity index is 1230. The standard InChI is InChI=1S/C21H25N3O7S.C16H36N/c1-10(9-13(26)31-4)22-14(11-5-7-12(25)8-6-11)17(27)23-15-18(28)24-16(20(29)30)21(2,3)32-19(15)24;1-5-9-13-17(14-10-6-2,15-11-7-3)16-12-8-4/h5-9,14-16,19,22,25H,1-4H3,(H,23,27)(H,29,30);5-16H2,1-4H3/q;+1/p-1/t14?,15?,16-,19+;/m0./s1. The number of aromatic hydroxyl groups is 1. The molecule has 1 aromatic rings. The summed E-state index contributed by atoms with van der Waals surface area (Å²) in [6.07, 6.45) is 12.2. The zero-order valence-electron chi connectivity index (χ0n) is 30.9. The van der Waals surface area contributed by atoms with Crippen molar-refractivity contribution in [1.82, 2.24) is 15.5 Å². The molecule has 0 saturated carbocycles. The van der Waals surface area contributed by atoms with Crippen molar-refractivity contribution in [2.75, 3.05) is 33.3 Å². The monoisotopic (exact) mass is 704 g/mol. The fourth-order valence-corrected chi connectivity index (χ4v) is 8.10. The van der Waals surface area contributed by atoms with Crippen LogP contribution in [0.3, 0.4) is 0 Å². The summed E-state index contributed by atoms with van der Waals surface area (Å²) in [4.78, 5) is 50.1. The second-order valence-electron chi connectivity index (χ2n) is 13.7. The van der Waals surface area contributed by atoms with Crippen LogP contribution in [0.1, 0.15) is 111 Å². The second-order valence-corrected chi connectivity index (χ2v) is 15.5. The molecule has 0 aliphatic carbocycles. The summed E-state index contributed by atoms with van der Waals surface area (Å²) >= 11 is 1.29. The zero-order valence-corrected chi connectivity index (χ0v) is 31.7. The van der Waals surface area contributed by atoms with Gasteiger partial charge in [0.1, 0.15) is 23.2 Å². The van der Waals surface area contributed by atoms with Crippen LogP contribution < -0.4 is 15.7 Å². The van der Waals surface area contributed by atoms with E-state index in [4.69, 9.17) is 0 Å².